The fourth-order valence-corrected chi connectivity index (χ4v) is 4.85. The molecule has 1 unspecified atom stereocenters. The molecule has 2 saturated heterocycles. The van der Waals surface area contributed by atoms with Crippen LogP contribution < -0.4 is 0 Å². The van der Waals surface area contributed by atoms with Crippen molar-refractivity contribution in [3.63, 3.8) is 0 Å². The van der Waals surface area contributed by atoms with Gasteiger partial charge in [0.2, 0.25) is 0 Å². The lowest BCUT2D eigenvalue weighted by Gasteiger charge is -2.39. The van der Waals surface area contributed by atoms with Crippen LogP contribution in [0.4, 0.5) is 0 Å². The minimum Gasteiger partial charge on any atom is -0.478 e. The highest BCUT2D eigenvalue weighted by molar-refractivity contribution is 6.33. The Morgan fingerprint density at radius 2 is 1.76 bits per heavy atom. The van der Waals surface area contributed by atoms with Crippen molar-refractivity contribution in [2.45, 2.75) is 50.2 Å². The standard InChI is InChI=1S/C21H22ClNO2/c22-20-10-14(6-9-19(20)21(24)25)13-23-17-7-8-18(23)12-16(11-17)15-4-2-1-3-5-15/h1-6,9-10,16-18H,7-8,11-13H2,(H,24,25)/t16?,17-,18+. The fraction of sp³-hybridized carbons (Fsp3) is 0.381. The summed E-state index contributed by atoms with van der Waals surface area (Å²) in [5.74, 6) is -0.312. The molecule has 2 aromatic rings. The molecule has 0 aromatic heterocycles. The lowest BCUT2D eigenvalue weighted by atomic mass is 9.85. The van der Waals surface area contributed by atoms with Gasteiger partial charge in [-0.1, -0.05) is 48.0 Å². The average molecular weight is 356 g/mol. The lowest BCUT2D eigenvalue weighted by Crippen LogP contribution is -2.41. The highest BCUT2D eigenvalue weighted by Crippen LogP contribution is 2.43. The molecular weight excluding hydrogens is 334 g/mol. The first-order valence-corrected chi connectivity index (χ1v) is 9.32. The fourth-order valence-electron chi connectivity index (χ4n) is 4.57. The van der Waals surface area contributed by atoms with Crippen LogP contribution in [0.2, 0.25) is 5.02 Å². The van der Waals surface area contributed by atoms with E-state index >= 15 is 0 Å². The molecule has 2 aromatic carbocycles. The number of hydrogen-bond donors (Lipinski definition) is 1. The molecule has 3 nitrogen and oxygen atoms in total. The van der Waals surface area contributed by atoms with Crippen LogP contribution in [-0.4, -0.2) is 28.1 Å². The smallest absolute Gasteiger partial charge is 0.337 e. The number of fused-ring (bicyclic) bond motifs is 2. The molecule has 25 heavy (non-hydrogen) atoms. The molecule has 0 radical (unpaired) electrons. The summed E-state index contributed by atoms with van der Waals surface area (Å²) in [6.07, 6.45) is 4.94. The number of rotatable bonds is 4. The van der Waals surface area contributed by atoms with Gasteiger partial charge in [-0.3, -0.25) is 4.90 Å². The van der Waals surface area contributed by atoms with Crippen LogP contribution in [0.15, 0.2) is 48.5 Å². The monoisotopic (exact) mass is 355 g/mol. The third kappa shape index (κ3) is 3.31. The molecule has 4 rings (SSSR count). The second kappa shape index (κ2) is 6.81. The van der Waals surface area contributed by atoms with Gasteiger partial charge in [-0.05, 0) is 54.9 Å². The molecule has 2 heterocycles. The third-order valence-corrected chi connectivity index (χ3v) is 6.10. The molecule has 1 N–H and O–H groups in total. The minimum absolute atomic E-state index is 0.177. The molecule has 0 saturated carbocycles. The van der Waals surface area contributed by atoms with E-state index in [4.69, 9.17) is 16.7 Å². The molecule has 2 aliphatic rings. The van der Waals surface area contributed by atoms with Gasteiger partial charge < -0.3 is 5.11 Å². The summed E-state index contributed by atoms with van der Waals surface area (Å²) < 4.78 is 0. The SMILES string of the molecule is O=C(O)c1ccc(CN2[C@@H]3CC[C@H]2CC(c2ccccc2)C3)cc1Cl. The van der Waals surface area contributed by atoms with Gasteiger partial charge in [0.15, 0.2) is 0 Å². The van der Waals surface area contributed by atoms with Crippen LogP contribution in [0.3, 0.4) is 0 Å². The zero-order valence-corrected chi connectivity index (χ0v) is 14.8. The number of carboxylic acids is 1. The maximum atomic E-state index is 11.1. The summed E-state index contributed by atoms with van der Waals surface area (Å²) in [7, 11) is 0. The van der Waals surface area contributed by atoms with Crippen molar-refractivity contribution in [3.05, 3.63) is 70.2 Å². The van der Waals surface area contributed by atoms with E-state index in [2.05, 4.69) is 35.2 Å². The average Bonchev–Trinajstić information content (AvgIpc) is 2.84. The van der Waals surface area contributed by atoms with Gasteiger partial charge in [0.25, 0.3) is 0 Å². The van der Waals surface area contributed by atoms with E-state index in [0.29, 0.717) is 23.0 Å². The van der Waals surface area contributed by atoms with Gasteiger partial charge in [0.05, 0.1) is 10.6 Å². The number of piperidine rings is 1. The number of nitrogens with zero attached hydrogens (tertiary/aromatic N) is 1. The highest BCUT2D eigenvalue weighted by Gasteiger charge is 2.40. The molecule has 2 fully saturated rings. The summed E-state index contributed by atoms with van der Waals surface area (Å²) >= 11 is 6.13. The molecule has 3 atom stereocenters. The third-order valence-electron chi connectivity index (χ3n) is 5.78. The largest absolute Gasteiger partial charge is 0.478 e. The Kier molecular flexibility index (Phi) is 4.53. The molecule has 2 bridgehead atoms. The number of aromatic carboxylic acids is 1. The predicted octanol–water partition coefficient (Wildman–Crippen LogP) is 4.95. The van der Waals surface area contributed by atoms with E-state index in [1.165, 1.54) is 31.2 Å². The van der Waals surface area contributed by atoms with Crippen molar-refractivity contribution < 1.29 is 9.90 Å². The summed E-state index contributed by atoms with van der Waals surface area (Å²) in [6.45, 7) is 0.858. The van der Waals surface area contributed by atoms with Crippen molar-refractivity contribution in [2.75, 3.05) is 0 Å². The topological polar surface area (TPSA) is 40.5 Å². The Bertz CT molecular complexity index is 763. The molecule has 130 valence electrons. The van der Waals surface area contributed by atoms with E-state index < -0.39 is 5.97 Å². The van der Waals surface area contributed by atoms with Gasteiger partial charge in [-0.2, -0.15) is 0 Å². The lowest BCUT2D eigenvalue weighted by molar-refractivity contribution is 0.0697. The Morgan fingerprint density at radius 1 is 1.08 bits per heavy atom. The zero-order valence-electron chi connectivity index (χ0n) is 14.1. The molecule has 0 amide bonds. The van der Waals surface area contributed by atoms with E-state index in [9.17, 15) is 4.79 Å². The molecule has 4 heteroatoms. The molecule has 0 aliphatic carbocycles. The maximum Gasteiger partial charge on any atom is 0.337 e. The molecule has 2 aliphatic heterocycles. The summed E-state index contributed by atoms with van der Waals surface area (Å²) in [4.78, 5) is 13.7. The van der Waals surface area contributed by atoms with Crippen LogP contribution in [0.5, 0.6) is 0 Å². The van der Waals surface area contributed by atoms with Crippen LogP contribution in [0.25, 0.3) is 0 Å². The van der Waals surface area contributed by atoms with Crippen LogP contribution in [-0.2, 0) is 6.54 Å². The first-order valence-electron chi connectivity index (χ1n) is 8.94. The summed E-state index contributed by atoms with van der Waals surface area (Å²) in [5.41, 5.74) is 2.74. The Hall–Kier alpha value is -1.84. The quantitative estimate of drug-likeness (QED) is 0.843. The second-order valence-corrected chi connectivity index (χ2v) is 7.66. The van der Waals surface area contributed by atoms with Crippen molar-refractivity contribution in [2.24, 2.45) is 0 Å². The number of hydrogen-bond acceptors (Lipinski definition) is 2. The number of carbonyl (C=O) groups is 1. The van der Waals surface area contributed by atoms with Crippen molar-refractivity contribution in [1.82, 2.24) is 4.90 Å². The Labute approximate surface area is 153 Å². The number of halogens is 1. The van der Waals surface area contributed by atoms with Gasteiger partial charge in [0, 0.05) is 18.6 Å². The maximum absolute atomic E-state index is 11.1. The first-order chi connectivity index (χ1) is 12.1. The highest BCUT2D eigenvalue weighted by atomic mass is 35.5. The second-order valence-electron chi connectivity index (χ2n) is 7.26. The van der Waals surface area contributed by atoms with Gasteiger partial charge >= 0.3 is 5.97 Å². The van der Waals surface area contributed by atoms with Gasteiger partial charge in [-0.25, -0.2) is 4.79 Å². The van der Waals surface area contributed by atoms with E-state index in [-0.39, 0.29) is 5.56 Å². The van der Waals surface area contributed by atoms with Crippen LogP contribution >= 0.6 is 11.6 Å². The Morgan fingerprint density at radius 3 is 2.36 bits per heavy atom. The number of carboxylic acid groups (broad SMARTS) is 1. The first kappa shape index (κ1) is 16.6. The summed E-state index contributed by atoms with van der Waals surface area (Å²) in [6, 6.07) is 17.4. The van der Waals surface area contributed by atoms with Crippen molar-refractivity contribution >= 4 is 17.6 Å². The molecular formula is C21H22ClNO2. The molecule has 0 spiro atoms. The van der Waals surface area contributed by atoms with Gasteiger partial charge in [-0.15, -0.1) is 0 Å². The van der Waals surface area contributed by atoms with Crippen LogP contribution in [0, 0.1) is 0 Å². The van der Waals surface area contributed by atoms with Gasteiger partial charge in [0.1, 0.15) is 0 Å². The van der Waals surface area contributed by atoms with E-state index in [1.807, 2.05) is 12.1 Å². The zero-order chi connectivity index (χ0) is 17.4. The number of benzene rings is 2. The predicted molar refractivity (Wildman–Crippen MR) is 99.2 cm³/mol. The van der Waals surface area contributed by atoms with E-state index in [1.54, 1.807) is 6.07 Å². The normalized spacial score (nSPS) is 25.9. The van der Waals surface area contributed by atoms with Crippen molar-refractivity contribution in [1.29, 1.82) is 0 Å². The Balaban J connectivity index is 1.48. The summed E-state index contributed by atoms with van der Waals surface area (Å²) in [5, 5.41) is 9.44. The van der Waals surface area contributed by atoms with Crippen molar-refractivity contribution in [3.8, 4) is 0 Å². The van der Waals surface area contributed by atoms with Crippen LogP contribution in [0.1, 0.15) is 53.1 Å². The van der Waals surface area contributed by atoms with E-state index in [0.717, 1.165) is 12.1 Å². The minimum atomic E-state index is -0.972.